The first-order valence-electron chi connectivity index (χ1n) is 11.3. The average molecular weight is 415 g/mol. The van der Waals surface area contributed by atoms with E-state index in [0.717, 1.165) is 56.6 Å². The van der Waals surface area contributed by atoms with Gasteiger partial charge in [0.15, 0.2) is 6.61 Å². The third-order valence-electron chi connectivity index (χ3n) is 6.79. The molecule has 4 rings (SSSR count). The summed E-state index contributed by atoms with van der Waals surface area (Å²) < 4.78 is 5.69. The molecule has 1 aromatic carbocycles. The predicted octanol–water partition coefficient (Wildman–Crippen LogP) is 1.21. The van der Waals surface area contributed by atoms with Crippen LogP contribution in [0.3, 0.4) is 0 Å². The molecule has 30 heavy (non-hydrogen) atoms. The van der Waals surface area contributed by atoms with Gasteiger partial charge in [-0.2, -0.15) is 0 Å². The molecule has 2 heterocycles. The van der Waals surface area contributed by atoms with E-state index in [-0.39, 0.29) is 18.4 Å². The number of aryl methyl sites for hydroxylation is 1. The molecule has 3 fully saturated rings. The Hall–Kier alpha value is -2.12. The third kappa shape index (κ3) is 5.13. The number of rotatable bonds is 6. The molecule has 2 amide bonds. The lowest BCUT2D eigenvalue weighted by Crippen LogP contribution is -2.56. The maximum atomic E-state index is 12.7. The van der Waals surface area contributed by atoms with Gasteiger partial charge in [-0.3, -0.25) is 19.4 Å². The summed E-state index contributed by atoms with van der Waals surface area (Å²) in [6.07, 6.45) is 4.01. The van der Waals surface area contributed by atoms with E-state index in [1.165, 1.54) is 19.3 Å². The number of benzene rings is 1. The lowest BCUT2D eigenvalue weighted by molar-refractivity contribution is -0.137. The molecule has 0 aromatic heterocycles. The first-order chi connectivity index (χ1) is 14.6. The number of hydrogen-bond acceptors (Lipinski definition) is 5. The van der Waals surface area contributed by atoms with Crippen LogP contribution in [0, 0.1) is 6.92 Å². The zero-order chi connectivity index (χ0) is 20.9. The summed E-state index contributed by atoms with van der Waals surface area (Å²) >= 11 is 0. The van der Waals surface area contributed by atoms with Gasteiger partial charge in [-0.15, -0.1) is 0 Å². The van der Waals surface area contributed by atoms with Crippen LogP contribution in [-0.2, 0) is 9.59 Å². The van der Waals surface area contributed by atoms with Crippen LogP contribution in [0.1, 0.15) is 24.8 Å². The number of carbonyl (C=O) groups excluding carboxylic acids is 2. The van der Waals surface area contributed by atoms with Crippen molar-refractivity contribution in [3.8, 4) is 5.75 Å². The molecule has 1 aromatic rings. The quantitative estimate of drug-likeness (QED) is 0.701. The predicted molar refractivity (Wildman–Crippen MR) is 115 cm³/mol. The fraction of sp³-hybridized carbons (Fsp3) is 0.652. The van der Waals surface area contributed by atoms with Crippen molar-refractivity contribution >= 4 is 11.8 Å². The van der Waals surface area contributed by atoms with Crippen LogP contribution >= 0.6 is 0 Å². The van der Waals surface area contributed by atoms with Gasteiger partial charge in [-0.05, 0) is 31.4 Å². The van der Waals surface area contributed by atoms with Crippen LogP contribution in [0.2, 0.25) is 0 Å². The summed E-state index contributed by atoms with van der Waals surface area (Å²) in [7, 11) is 0. The van der Waals surface area contributed by atoms with Gasteiger partial charge < -0.3 is 14.5 Å². The monoisotopic (exact) mass is 414 g/mol. The Labute approximate surface area is 179 Å². The van der Waals surface area contributed by atoms with Crippen LogP contribution in [0.4, 0.5) is 0 Å². The molecule has 0 bridgehead atoms. The summed E-state index contributed by atoms with van der Waals surface area (Å²) in [6.45, 7) is 9.02. The van der Waals surface area contributed by atoms with E-state index in [4.69, 9.17) is 4.74 Å². The molecule has 0 atom stereocenters. The lowest BCUT2D eigenvalue weighted by atomic mass is 9.91. The molecule has 1 aliphatic carbocycles. The van der Waals surface area contributed by atoms with Gasteiger partial charge >= 0.3 is 0 Å². The molecule has 7 nitrogen and oxygen atoms in total. The highest BCUT2D eigenvalue weighted by Gasteiger charge is 2.30. The van der Waals surface area contributed by atoms with Crippen molar-refractivity contribution in [1.82, 2.24) is 19.6 Å². The number of nitrogens with zero attached hydrogens (tertiary/aromatic N) is 4. The highest BCUT2D eigenvalue weighted by Crippen LogP contribution is 2.25. The van der Waals surface area contributed by atoms with Gasteiger partial charge in [-0.1, -0.05) is 24.6 Å². The van der Waals surface area contributed by atoms with Crippen LogP contribution in [0.25, 0.3) is 0 Å². The number of para-hydroxylation sites is 1. The van der Waals surface area contributed by atoms with Crippen LogP contribution in [0.15, 0.2) is 24.3 Å². The maximum Gasteiger partial charge on any atom is 0.260 e. The molecule has 2 aliphatic heterocycles. The molecule has 164 valence electrons. The second kappa shape index (κ2) is 9.79. The van der Waals surface area contributed by atoms with E-state index in [9.17, 15) is 9.59 Å². The van der Waals surface area contributed by atoms with E-state index in [1.54, 1.807) is 0 Å². The first-order valence-corrected chi connectivity index (χ1v) is 11.3. The summed E-state index contributed by atoms with van der Waals surface area (Å²) in [5.74, 6) is 0.995. The zero-order valence-corrected chi connectivity index (χ0v) is 18.1. The van der Waals surface area contributed by atoms with Gasteiger partial charge in [-0.25, -0.2) is 0 Å². The SMILES string of the molecule is Cc1ccccc1OCC(=O)N1CCN(CC(=O)N2CCN(C3CCC3)CC2)CC1. The summed E-state index contributed by atoms with van der Waals surface area (Å²) in [6, 6.07) is 8.50. The Morgan fingerprint density at radius 3 is 2.17 bits per heavy atom. The second-order valence-electron chi connectivity index (χ2n) is 8.71. The van der Waals surface area contributed by atoms with Gasteiger partial charge in [0.25, 0.3) is 5.91 Å². The largest absolute Gasteiger partial charge is 0.484 e. The summed E-state index contributed by atoms with van der Waals surface area (Å²) in [4.78, 5) is 33.8. The Bertz CT molecular complexity index is 736. The van der Waals surface area contributed by atoms with Crippen LogP contribution < -0.4 is 4.74 Å². The average Bonchev–Trinajstić information content (AvgIpc) is 2.73. The second-order valence-corrected chi connectivity index (χ2v) is 8.71. The topological polar surface area (TPSA) is 56.3 Å². The normalized spacial score (nSPS) is 21.4. The maximum absolute atomic E-state index is 12.7. The number of hydrogen-bond donors (Lipinski definition) is 0. The van der Waals surface area contributed by atoms with E-state index in [0.29, 0.717) is 19.6 Å². The van der Waals surface area contributed by atoms with Crippen molar-refractivity contribution in [3.05, 3.63) is 29.8 Å². The Morgan fingerprint density at radius 1 is 0.900 bits per heavy atom. The van der Waals surface area contributed by atoms with E-state index >= 15 is 0 Å². The van der Waals surface area contributed by atoms with Crippen molar-refractivity contribution in [2.24, 2.45) is 0 Å². The molecule has 2 saturated heterocycles. The van der Waals surface area contributed by atoms with Crippen LogP contribution in [-0.4, -0.2) is 103 Å². The molecule has 0 unspecified atom stereocenters. The zero-order valence-electron chi connectivity index (χ0n) is 18.1. The van der Waals surface area contributed by atoms with Gasteiger partial charge in [0.2, 0.25) is 5.91 Å². The number of piperazine rings is 2. The minimum atomic E-state index is 0.0105. The standard InChI is InChI=1S/C23H34N4O3/c1-19-5-2-3-8-21(19)30-18-23(29)27-11-9-24(10-12-27)17-22(28)26-15-13-25(14-16-26)20-6-4-7-20/h2-3,5,8,20H,4,6-7,9-18H2,1H3. The molecular weight excluding hydrogens is 380 g/mol. The molecule has 3 aliphatic rings. The molecule has 1 saturated carbocycles. The first kappa shape index (κ1) is 21.1. The molecular formula is C23H34N4O3. The van der Waals surface area contributed by atoms with Crippen molar-refractivity contribution in [1.29, 1.82) is 0 Å². The molecule has 0 N–H and O–H groups in total. The smallest absolute Gasteiger partial charge is 0.260 e. The van der Waals surface area contributed by atoms with Gasteiger partial charge in [0, 0.05) is 58.4 Å². The van der Waals surface area contributed by atoms with Gasteiger partial charge in [0.05, 0.1) is 6.54 Å². The number of amides is 2. The minimum absolute atomic E-state index is 0.0105. The Balaban J connectivity index is 1.15. The highest BCUT2D eigenvalue weighted by molar-refractivity contribution is 5.79. The van der Waals surface area contributed by atoms with Crippen molar-refractivity contribution in [2.75, 3.05) is 65.5 Å². The number of ether oxygens (including phenoxy) is 1. The van der Waals surface area contributed by atoms with Crippen LogP contribution in [0.5, 0.6) is 5.75 Å². The fourth-order valence-electron chi connectivity index (χ4n) is 4.48. The fourth-order valence-corrected chi connectivity index (χ4v) is 4.48. The summed E-state index contributed by atoms with van der Waals surface area (Å²) in [5.41, 5.74) is 1.03. The minimum Gasteiger partial charge on any atom is -0.484 e. The van der Waals surface area contributed by atoms with E-state index < -0.39 is 0 Å². The third-order valence-corrected chi connectivity index (χ3v) is 6.79. The Morgan fingerprint density at radius 2 is 1.53 bits per heavy atom. The molecule has 0 radical (unpaired) electrons. The number of carbonyl (C=O) groups is 2. The Kier molecular flexibility index (Phi) is 6.89. The highest BCUT2D eigenvalue weighted by atomic mass is 16.5. The lowest BCUT2D eigenvalue weighted by Gasteiger charge is -2.43. The van der Waals surface area contributed by atoms with Gasteiger partial charge in [0.1, 0.15) is 5.75 Å². The van der Waals surface area contributed by atoms with Crippen molar-refractivity contribution in [3.63, 3.8) is 0 Å². The molecule has 0 spiro atoms. The van der Waals surface area contributed by atoms with E-state index in [2.05, 4.69) is 9.80 Å². The molecule has 7 heteroatoms. The van der Waals surface area contributed by atoms with E-state index in [1.807, 2.05) is 41.0 Å². The summed E-state index contributed by atoms with van der Waals surface area (Å²) in [5, 5.41) is 0. The van der Waals surface area contributed by atoms with Crippen molar-refractivity contribution in [2.45, 2.75) is 32.2 Å². The van der Waals surface area contributed by atoms with Crippen molar-refractivity contribution < 1.29 is 14.3 Å².